The molecule has 0 aromatic rings. The van der Waals surface area contributed by atoms with E-state index in [0.717, 1.165) is 13.0 Å². The molecule has 0 rings (SSSR count). The van der Waals surface area contributed by atoms with Crippen molar-refractivity contribution in [3.63, 3.8) is 0 Å². The Morgan fingerprint density at radius 3 is 1.90 bits per heavy atom. The van der Waals surface area contributed by atoms with Crippen molar-refractivity contribution in [1.82, 2.24) is 0 Å². The van der Waals surface area contributed by atoms with E-state index in [1.807, 2.05) is 6.92 Å². The van der Waals surface area contributed by atoms with Gasteiger partial charge >= 0.3 is 11.9 Å². The molecule has 0 saturated carbocycles. The zero-order valence-electron chi connectivity index (χ0n) is 12.6. The molecule has 0 aromatic heterocycles. The van der Waals surface area contributed by atoms with Crippen molar-refractivity contribution >= 4 is 11.9 Å². The summed E-state index contributed by atoms with van der Waals surface area (Å²) in [5.41, 5.74) is 0. The Balaban J connectivity index is 3.38. The molecule has 0 aliphatic heterocycles. The molecule has 7 nitrogen and oxygen atoms in total. The molecule has 0 saturated heterocycles. The molecular weight excluding hydrogens is 280 g/mol. The number of carboxylic acid groups (broad SMARTS) is 2. The van der Waals surface area contributed by atoms with Gasteiger partial charge in [-0.3, -0.25) is 9.59 Å². The zero-order chi connectivity index (χ0) is 15.9. The van der Waals surface area contributed by atoms with Crippen LogP contribution >= 0.6 is 0 Å². The first-order chi connectivity index (χ1) is 10.1. The molecule has 2 N–H and O–H groups in total. The Bertz CT molecular complexity index is 280. The molecule has 124 valence electrons. The molecule has 0 aromatic carbocycles. The topological polar surface area (TPSA) is 102 Å². The maximum atomic E-state index is 10.8. The summed E-state index contributed by atoms with van der Waals surface area (Å²) in [6.45, 7) is 5.18. The highest BCUT2D eigenvalue weighted by molar-refractivity contribution is 5.77. The van der Waals surface area contributed by atoms with Crippen LogP contribution < -0.4 is 0 Å². The molecule has 0 radical (unpaired) electrons. The van der Waals surface area contributed by atoms with Gasteiger partial charge in [0.15, 0.2) is 0 Å². The predicted octanol–water partition coefficient (Wildman–Crippen LogP) is 1.40. The Morgan fingerprint density at radius 2 is 1.43 bits per heavy atom. The molecule has 0 fully saturated rings. The third-order valence-electron chi connectivity index (χ3n) is 2.70. The minimum Gasteiger partial charge on any atom is -0.481 e. The Labute approximate surface area is 125 Å². The van der Waals surface area contributed by atoms with E-state index in [4.69, 9.17) is 24.4 Å². The SMILES string of the molecule is CCCOCCOCCOCCCC(CC(=O)O)C(=O)O. The summed E-state index contributed by atoms with van der Waals surface area (Å²) < 4.78 is 15.8. The number of aliphatic carboxylic acids is 2. The minimum atomic E-state index is -1.10. The van der Waals surface area contributed by atoms with Crippen LogP contribution in [0, 0.1) is 5.92 Å². The number of rotatable bonds is 15. The summed E-state index contributed by atoms with van der Waals surface area (Å²) in [5.74, 6) is -3.02. The summed E-state index contributed by atoms with van der Waals surface area (Å²) >= 11 is 0. The van der Waals surface area contributed by atoms with Crippen LogP contribution in [0.1, 0.15) is 32.6 Å². The average molecular weight is 306 g/mol. The normalized spacial score (nSPS) is 12.2. The molecule has 7 heteroatoms. The highest BCUT2D eigenvalue weighted by atomic mass is 16.5. The number of ether oxygens (including phenoxy) is 3. The van der Waals surface area contributed by atoms with Gasteiger partial charge in [-0.05, 0) is 19.3 Å². The lowest BCUT2D eigenvalue weighted by Gasteiger charge is -2.10. The van der Waals surface area contributed by atoms with Gasteiger partial charge in [-0.25, -0.2) is 0 Å². The van der Waals surface area contributed by atoms with Gasteiger partial charge < -0.3 is 24.4 Å². The van der Waals surface area contributed by atoms with Gasteiger partial charge in [0.1, 0.15) is 0 Å². The van der Waals surface area contributed by atoms with Gasteiger partial charge in [0.05, 0.1) is 38.8 Å². The van der Waals surface area contributed by atoms with Crippen LogP contribution in [0.4, 0.5) is 0 Å². The lowest BCUT2D eigenvalue weighted by Crippen LogP contribution is -2.18. The second-order valence-corrected chi connectivity index (χ2v) is 4.61. The van der Waals surface area contributed by atoms with E-state index in [9.17, 15) is 9.59 Å². The Kier molecular flexibility index (Phi) is 13.0. The minimum absolute atomic E-state index is 0.299. The lowest BCUT2D eigenvalue weighted by atomic mass is 10.00. The quantitative estimate of drug-likeness (QED) is 0.441. The fourth-order valence-electron chi connectivity index (χ4n) is 1.64. The number of hydrogen-bond donors (Lipinski definition) is 2. The van der Waals surface area contributed by atoms with Crippen LogP contribution in [0.5, 0.6) is 0 Å². The third kappa shape index (κ3) is 13.6. The highest BCUT2D eigenvalue weighted by Gasteiger charge is 2.20. The van der Waals surface area contributed by atoms with Crippen LogP contribution in [0.2, 0.25) is 0 Å². The summed E-state index contributed by atoms with van der Waals surface area (Å²) in [5, 5.41) is 17.4. The first-order valence-corrected chi connectivity index (χ1v) is 7.25. The van der Waals surface area contributed by atoms with Crippen molar-refractivity contribution in [1.29, 1.82) is 0 Å². The molecule has 21 heavy (non-hydrogen) atoms. The van der Waals surface area contributed by atoms with E-state index in [0.29, 0.717) is 45.9 Å². The molecule has 0 bridgehead atoms. The summed E-state index contributed by atoms with van der Waals surface area (Å²) in [6, 6.07) is 0. The number of carbonyl (C=O) groups is 2. The molecule has 1 atom stereocenters. The van der Waals surface area contributed by atoms with Crippen molar-refractivity contribution in [2.24, 2.45) is 5.92 Å². The first kappa shape index (κ1) is 19.8. The zero-order valence-corrected chi connectivity index (χ0v) is 12.6. The van der Waals surface area contributed by atoms with Gasteiger partial charge in [-0.15, -0.1) is 0 Å². The number of carboxylic acids is 2. The van der Waals surface area contributed by atoms with Gasteiger partial charge in [-0.2, -0.15) is 0 Å². The van der Waals surface area contributed by atoms with E-state index in [1.54, 1.807) is 0 Å². The van der Waals surface area contributed by atoms with Gasteiger partial charge in [0, 0.05) is 13.2 Å². The van der Waals surface area contributed by atoms with Crippen LogP contribution in [-0.2, 0) is 23.8 Å². The van der Waals surface area contributed by atoms with Gasteiger partial charge in [0.2, 0.25) is 0 Å². The monoisotopic (exact) mass is 306 g/mol. The molecule has 1 unspecified atom stereocenters. The van der Waals surface area contributed by atoms with Crippen molar-refractivity contribution < 1.29 is 34.0 Å². The first-order valence-electron chi connectivity index (χ1n) is 7.25. The molecular formula is C14H26O7. The molecule has 0 heterocycles. The second kappa shape index (κ2) is 13.8. The van der Waals surface area contributed by atoms with Crippen LogP contribution in [0.3, 0.4) is 0 Å². The van der Waals surface area contributed by atoms with Crippen molar-refractivity contribution in [3.05, 3.63) is 0 Å². The molecule has 0 spiro atoms. The maximum Gasteiger partial charge on any atom is 0.307 e. The fraction of sp³-hybridized carbons (Fsp3) is 0.857. The maximum absolute atomic E-state index is 10.8. The largest absolute Gasteiger partial charge is 0.481 e. The Morgan fingerprint density at radius 1 is 0.905 bits per heavy atom. The van der Waals surface area contributed by atoms with E-state index in [-0.39, 0.29) is 6.42 Å². The molecule has 0 aliphatic rings. The summed E-state index contributed by atoms with van der Waals surface area (Å²) in [4.78, 5) is 21.3. The fourth-order valence-corrected chi connectivity index (χ4v) is 1.64. The Hall–Kier alpha value is -1.18. The van der Waals surface area contributed by atoms with Crippen LogP contribution in [0.25, 0.3) is 0 Å². The lowest BCUT2D eigenvalue weighted by molar-refractivity contribution is -0.148. The average Bonchev–Trinajstić information content (AvgIpc) is 2.42. The summed E-state index contributed by atoms with van der Waals surface area (Å²) in [7, 11) is 0. The predicted molar refractivity (Wildman–Crippen MR) is 75.4 cm³/mol. The molecule has 0 aliphatic carbocycles. The van der Waals surface area contributed by atoms with E-state index in [2.05, 4.69) is 0 Å². The standard InChI is InChI=1S/C14H26O7/c1-2-5-19-7-9-21-10-8-20-6-3-4-12(14(17)18)11-13(15)16/h12H,2-11H2,1H3,(H,15,16)(H,17,18). The van der Waals surface area contributed by atoms with Crippen molar-refractivity contribution in [2.75, 3.05) is 39.6 Å². The van der Waals surface area contributed by atoms with Gasteiger partial charge in [-0.1, -0.05) is 6.92 Å². The van der Waals surface area contributed by atoms with Crippen LogP contribution in [-0.4, -0.2) is 61.8 Å². The van der Waals surface area contributed by atoms with E-state index < -0.39 is 17.9 Å². The van der Waals surface area contributed by atoms with Crippen molar-refractivity contribution in [2.45, 2.75) is 32.6 Å². The van der Waals surface area contributed by atoms with Crippen LogP contribution in [0.15, 0.2) is 0 Å². The summed E-state index contributed by atoms with van der Waals surface area (Å²) in [6.07, 6.45) is 1.45. The van der Waals surface area contributed by atoms with Gasteiger partial charge in [0.25, 0.3) is 0 Å². The number of hydrogen-bond acceptors (Lipinski definition) is 5. The van der Waals surface area contributed by atoms with Crippen molar-refractivity contribution in [3.8, 4) is 0 Å². The van der Waals surface area contributed by atoms with E-state index in [1.165, 1.54) is 0 Å². The van der Waals surface area contributed by atoms with E-state index >= 15 is 0 Å². The third-order valence-corrected chi connectivity index (χ3v) is 2.70. The second-order valence-electron chi connectivity index (χ2n) is 4.61. The molecule has 0 amide bonds. The highest BCUT2D eigenvalue weighted by Crippen LogP contribution is 2.11. The smallest absolute Gasteiger partial charge is 0.307 e.